The van der Waals surface area contributed by atoms with E-state index in [0.29, 0.717) is 24.3 Å². The van der Waals surface area contributed by atoms with Crippen molar-refractivity contribution in [1.29, 1.82) is 0 Å². The molecule has 1 aromatic heterocycles. The number of aromatic amines is 1. The Balaban J connectivity index is 1.34. The van der Waals surface area contributed by atoms with Crippen LogP contribution in [0.2, 0.25) is 0 Å². The zero-order valence-corrected chi connectivity index (χ0v) is 18.3. The van der Waals surface area contributed by atoms with E-state index < -0.39 is 29.8 Å². The van der Waals surface area contributed by atoms with Crippen molar-refractivity contribution in [3.05, 3.63) is 71.5 Å². The highest BCUT2D eigenvalue weighted by Gasteiger charge is 2.49. The van der Waals surface area contributed by atoms with Gasteiger partial charge in [0.1, 0.15) is 11.2 Å². The zero-order valence-electron chi connectivity index (χ0n) is 18.3. The van der Waals surface area contributed by atoms with Crippen molar-refractivity contribution in [3.8, 4) is 0 Å². The number of likely N-dealkylation sites (tertiary alicyclic amines) is 1. The average Bonchev–Trinajstić information content (AvgIpc) is 3.57. The Morgan fingerprint density at radius 2 is 1.73 bits per heavy atom. The first kappa shape index (κ1) is 20.9. The minimum Gasteiger partial charge on any atom is -0.356 e. The van der Waals surface area contributed by atoms with Gasteiger partial charge < -0.3 is 15.2 Å². The van der Waals surface area contributed by atoms with Crippen molar-refractivity contribution < 1.29 is 19.2 Å². The topological polar surface area (TPSA) is 103 Å². The fourth-order valence-corrected chi connectivity index (χ4v) is 4.54. The highest BCUT2D eigenvalue weighted by atomic mass is 16.2. The highest BCUT2D eigenvalue weighted by Crippen LogP contribution is 2.31. The third-order valence-electron chi connectivity index (χ3n) is 6.53. The van der Waals surface area contributed by atoms with E-state index in [1.165, 1.54) is 12.3 Å². The molecule has 3 heterocycles. The first-order chi connectivity index (χ1) is 15.9. The van der Waals surface area contributed by atoms with Gasteiger partial charge in [-0.2, -0.15) is 0 Å². The summed E-state index contributed by atoms with van der Waals surface area (Å²) in [5.74, 6) is -1.05. The first-order valence-corrected chi connectivity index (χ1v) is 11.0. The number of aromatic nitrogens is 1. The van der Waals surface area contributed by atoms with Gasteiger partial charge in [-0.15, -0.1) is 0 Å². The Bertz CT molecular complexity index is 1290. The Morgan fingerprint density at radius 1 is 1.00 bits per heavy atom. The molecule has 168 valence electrons. The van der Waals surface area contributed by atoms with Crippen LogP contribution in [0.3, 0.4) is 0 Å². The van der Waals surface area contributed by atoms with E-state index in [4.69, 9.17) is 0 Å². The average molecular weight is 444 g/mol. The minimum absolute atomic E-state index is 0.148. The predicted octanol–water partition coefficient (Wildman–Crippen LogP) is 3.05. The molecular weight excluding hydrogens is 420 g/mol. The van der Waals surface area contributed by atoms with E-state index in [9.17, 15) is 19.2 Å². The summed E-state index contributed by atoms with van der Waals surface area (Å²) in [7, 11) is 0. The van der Waals surface area contributed by atoms with Crippen molar-refractivity contribution >= 4 is 34.4 Å². The maximum atomic E-state index is 13.3. The van der Waals surface area contributed by atoms with E-state index in [1.54, 1.807) is 11.8 Å². The fraction of sp³-hybridized carbons (Fsp3) is 0.280. The van der Waals surface area contributed by atoms with Crippen LogP contribution in [0.1, 0.15) is 46.2 Å². The van der Waals surface area contributed by atoms with Gasteiger partial charge in [0.05, 0.1) is 6.54 Å². The third kappa shape index (κ3) is 3.57. The minimum atomic E-state index is -1.27. The summed E-state index contributed by atoms with van der Waals surface area (Å²) >= 11 is 0. The monoisotopic (exact) mass is 444 g/mol. The van der Waals surface area contributed by atoms with E-state index in [1.807, 2.05) is 42.5 Å². The number of ketones is 1. The maximum absolute atomic E-state index is 13.3. The number of fused-ring (bicyclic) bond motifs is 1. The van der Waals surface area contributed by atoms with Crippen LogP contribution in [0.5, 0.6) is 0 Å². The molecule has 2 N–H and O–H groups in total. The van der Waals surface area contributed by atoms with Crippen LogP contribution in [0.25, 0.3) is 10.8 Å². The van der Waals surface area contributed by atoms with E-state index >= 15 is 0 Å². The molecule has 0 unspecified atom stereocenters. The molecule has 33 heavy (non-hydrogen) atoms. The lowest BCUT2D eigenvalue weighted by molar-refractivity contribution is -0.130. The summed E-state index contributed by atoms with van der Waals surface area (Å²) in [6.45, 7) is 2.65. The number of benzene rings is 2. The van der Waals surface area contributed by atoms with Crippen LogP contribution in [-0.4, -0.2) is 58.0 Å². The van der Waals surface area contributed by atoms with Crippen molar-refractivity contribution in [1.82, 2.24) is 20.1 Å². The van der Waals surface area contributed by atoms with Gasteiger partial charge in [0, 0.05) is 24.8 Å². The molecule has 2 fully saturated rings. The first-order valence-electron chi connectivity index (χ1n) is 11.0. The Kier molecular flexibility index (Phi) is 5.00. The summed E-state index contributed by atoms with van der Waals surface area (Å²) in [5, 5.41) is 4.73. The summed E-state index contributed by atoms with van der Waals surface area (Å²) in [6.07, 6.45) is 3.40. The summed E-state index contributed by atoms with van der Waals surface area (Å²) in [6, 6.07) is 14.2. The van der Waals surface area contributed by atoms with Crippen LogP contribution in [0.15, 0.2) is 54.7 Å². The second-order valence-electron chi connectivity index (χ2n) is 8.73. The van der Waals surface area contributed by atoms with Gasteiger partial charge in [-0.25, -0.2) is 4.79 Å². The number of carbonyl (C=O) groups is 4. The third-order valence-corrected chi connectivity index (χ3v) is 6.53. The number of nitrogens with one attached hydrogen (secondary N) is 2. The SMILES string of the molecule is C[C@@]1(c2ccc3ccccc3c2)NC(=O)N(CC(=O)c2c[nH]c(C(=O)N3CCCC3)c2)C1=O. The second kappa shape index (κ2) is 7.88. The Morgan fingerprint density at radius 3 is 2.48 bits per heavy atom. The smallest absolute Gasteiger partial charge is 0.325 e. The van der Waals surface area contributed by atoms with Gasteiger partial charge in [-0.1, -0.05) is 36.4 Å². The van der Waals surface area contributed by atoms with E-state index in [2.05, 4.69) is 10.3 Å². The molecule has 2 aromatic carbocycles. The molecule has 8 heteroatoms. The van der Waals surface area contributed by atoms with Crippen molar-refractivity contribution in [3.63, 3.8) is 0 Å². The molecular formula is C25H24N4O4. The normalized spacial score (nSPS) is 20.5. The number of hydrogen-bond donors (Lipinski definition) is 2. The summed E-state index contributed by atoms with van der Waals surface area (Å²) < 4.78 is 0. The lowest BCUT2D eigenvalue weighted by Gasteiger charge is -2.22. The van der Waals surface area contributed by atoms with Gasteiger partial charge in [0.15, 0.2) is 5.78 Å². The molecule has 3 aromatic rings. The van der Waals surface area contributed by atoms with Crippen molar-refractivity contribution in [2.75, 3.05) is 19.6 Å². The summed E-state index contributed by atoms with van der Waals surface area (Å²) in [5.41, 5.74) is -0.0262. The predicted molar refractivity (Wildman–Crippen MR) is 122 cm³/mol. The molecule has 0 spiro atoms. The molecule has 5 rings (SSSR count). The number of hydrogen-bond acceptors (Lipinski definition) is 4. The molecule has 0 bridgehead atoms. The molecule has 2 aliphatic heterocycles. The molecule has 0 saturated carbocycles. The number of nitrogens with zero attached hydrogens (tertiary/aromatic N) is 2. The van der Waals surface area contributed by atoms with Crippen LogP contribution in [-0.2, 0) is 10.3 Å². The Hall–Kier alpha value is -3.94. The number of imide groups is 1. The number of Topliss-reactive ketones (excluding diaryl/α,β-unsaturated/α-hetero) is 1. The molecule has 2 aliphatic rings. The quantitative estimate of drug-likeness (QED) is 0.466. The second-order valence-corrected chi connectivity index (χ2v) is 8.73. The Labute approximate surface area is 190 Å². The zero-order chi connectivity index (χ0) is 23.2. The van der Waals surface area contributed by atoms with Crippen molar-refractivity contribution in [2.24, 2.45) is 0 Å². The van der Waals surface area contributed by atoms with Crippen LogP contribution in [0.4, 0.5) is 4.79 Å². The number of amides is 4. The molecule has 0 aliphatic carbocycles. The molecule has 4 amide bonds. The maximum Gasteiger partial charge on any atom is 0.325 e. The van der Waals surface area contributed by atoms with Gasteiger partial charge in [0.2, 0.25) is 0 Å². The molecule has 2 saturated heterocycles. The highest BCUT2D eigenvalue weighted by molar-refractivity contribution is 6.11. The number of H-pyrrole nitrogens is 1. The van der Waals surface area contributed by atoms with Crippen molar-refractivity contribution in [2.45, 2.75) is 25.3 Å². The lowest BCUT2D eigenvalue weighted by Crippen LogP contribution is -2.41. The van der Waals surface area contributed by atoms with Crippen LogP contribution < -0.4 is 5.32 Å². The van der Waals surface area contributed by atoms with Gasteiger partial charge in [0.25, 0.3) is 11.8 Å². The fourth-order valence-electron chi connectivity index (χ4n) is 4.54. The molecule has 1 atom stereocenters. The largest absolute Gasteiger partial charge is 0.356 e. The van der Waals surface area contributed by atoms with Gasteiger partial charge in [-0.3, -0.25) is 19.3 Å². The van der Waals surface area contributed by atoms with E-state index in [-0.39, 0.29) is 11.5 Å². The lowest BCUT2D eigenvalue weighted by atomic mass is 9.90. The number of urea groups is 1. The van der Waals surface area contributed by atoms with Gasteiger partial charge >= 0.3 is 6.03 Å². The molecule has 8 nitrogen and oxygen atoms in total. The standard InChI is InChI=1S/C25H24N4O4/c1-25(19-9-8-16-6-2-3-7-17(16)12-19)23(32)29(24(33)27-25)15-21(30)18-13-20(26-14-18)22(31)28-10-4-5-11-28/h2-3,6-9,12-14,26H,4-5,10-11,15H2,1H3,(H,27,33)/t25-/m0/s1. The number of carbonyl (C=O) groups excluding carboxylic acids is 4. The van der Waals surface area contributed by atoms with Crippen LogP contribution >= 0.6 is 0 Å². The summed E-state index contributed by atoms with van der Waals surface area (Å²) in [4.78, 5) is 56.8. The molecule has 0 radical (unpaired) electrons. The van der Waals surface area contributed by atoms with Crippen LogP contribution in [0, 0.1) is 0 Å². The van der Waals surface area contributed by atoms with E-state index in [0.717, 1.165) is 28.5 Å². The van der Waals surface area contributed by atoms with Gasteiger partial charge in [-0.05, 0) is 48.2 Å². The number of rotatable bonds is 5.